The number of carbonyl (C=O) groups excluding carboxylic acids is 3. The van der Waals surface area contributed by atoms with Crippen LogP contribution in [-0.2, 0) is 14.3 Å². The lowest BCUT2D eigenvalue weighted by molar-refractivity contribution is -0.274. The van der Waals surface area contributed by atoms with Crippen LogP contribution in [0.25, 0.3) is 0 Å². The van der Waals surface area contributed by atoms with Gasteiger partial charge in [-0.25, -0.2) is 9.59 Å². The number of anilines is 1. The van der Waals surface area contributed by atoms with E-state index in [2.05, 4.69) is 10.1 Å². The highest BCUT2D eigenvalue weighted by Gasteiger charge is 2.31. The topological polar surface area (TPSA) is 90.9 Å². The number of carbonyl (C=O) groups is 3. The van der Waals surface area contributed by atoms with Crippen LogP contribution < -0.4 is 10.1 Å². The van der Waals surface area contributed by atoms with Gasteiger partial charge in [-0.3, -0.25) is 4.79 Å². The number of alkyl halides is 3. The molecule has 0 aliphatic carbocycles. The van der Waals surface area contributed by atoms with Crippen molar-refractivity contribution >= 4 is 23.5 Å². The summed E-state index contributed by atoms with van der Waals surface area (Å²) in [5.74, 6) is -2.51. The number of nitrogens with one attached hydrogen (secondary N) is 1. The lowest BCUT2D eigenvalue weighted by Crippen LogP contribution is -2.21. The highest BCUT2D eigenvalue weighted by Crippen LogP contribution is 2.22. The molecule has 29 heavy (non-hydrogen) atoms. The summed E-state index contributed by atoms with van der Waals surface area (Å²) in [7, 11) is 0. The van der Waals surface area contributed by atoms with Crippen LogP contribution in [0.1, 0.15) is 27.6 Å². The van der Waals surface area contributed by atoms with Crippen molar-refractivity contribution in [3.05, 3.63) is 59.7 Å². The van der Waals surface area contributed by atoms with Crippen molar-refractivity contribution in [2.24, 2.45) is 0 Å². The fraction of sp³-hybridized carbons (Fsp3) is 0.211. The average Bonchev–Trinajstić information content (AvgIpc) is 2.66. The first kappa shape index (κ1) is 21.7. The Labute approximate surface area is 163 Å². The monoisotopic (exact) mass is 411 g/mol. The van der Waals surface area contributed by atoms with Crippen LogP contribution >= 0.6 is 0 Å². The molecule has 0 saturated heterocycles. The predicted octanol–water partition coefficient (Wildman–Crippen LogP) is 3.56. The molecule has 2 aromatic carbocycles. The fourth-order valence-corrected chi connectivity index (χ4v) is 2.11. The Morgan fingerprint density at radius 1 is 0.862 bits per heavy atom. The summed E-state index contributed by atoms with van der Waals surface area (Å²) in [6.45, 7) is 1.30. The lowest BCUT2D eigenvalue weighted by atomic mass is 10.2. The summed E-state index contributed by atoms with van der Waals surface area (Å²) in [6.07, 6.45) is -4.84. The standard InChI is InChI=1S/C19H16F3NO6/c1-2-27-17(25)12-3-7-14(8-4-12)23-16(24)11-28-18(26)13-5-9-15(10-6-13)29-19(20,21)22/h3-10H,2,11H2,1H3,(H,23,24). The third kappa shape index (κ3) is 7.17. The van der Waals surface area contributed by atoms with Gasteiger partial charge in [-0.15, -0.1) is 13.2 Å². The third-order valence-electron chi connectivity index (χ3n) is 3.34. The summed E-state index contributed by atoms with van der Waals surface area (Å²) >= 11 is 0. The second kappa shape index (κ2) is 9.58. The smallest absolute Gasteiger partial charge is 0.462 e. The van der Waals surface area contributed by atoms with Crippen LogP contribution in [0.4, 0.5) is 18.9 Å². The molecular formula is C19H16F3NO6. The lowest BCUT2D eigenvalue weighted by Gasteiger charge is -2.09. The number of esters is 2. The molecule has 0 atom stereocenters. The number of rotatable bonds is 7. The fourth-order valence-electron chi connectivity index (χ4n) is 2.11. The van der Waals surface area contributed by atoms with Crippen LogP contribution in [0.5, 0.6) is 5.75 Å². The minimum absolute atomic E-state index is 0.0499. The number of benzene rings is 2. The Morgan fingerprint density at radius 2 is 1.38 bits per heavy atom. The molecule has 0 aromatic heterocycles. The van der Waals surface area contributed by atoms with E-state index < -0.39 is 36.6 Å². The third-order valence-corrected chi connectivity index (χ3v) is 3.34. The zero-order valence-electron chi connectivity index (χ0n) is 15.1. The Balaban J connectivity index is 1.84. The van der Waals surface area contributed by atoms with E-state index in [-0.39, 0.29) is 12.2 Å². The van der Waals surface area contributed by atoms with Gasteiger partial charge in [0.05, 0.1) is 17.7 Å². The van der Waals surface area contributed by atoms with E-state index in [1.165, 1.54) is 24.3 Å². The van der Waals surface area contributed by atoms with E-state index in [1.54, 1.807) is 6.92 Å². The van der Waals surface area contributed by atoms with Crippen LogP contribution in [0.2, 0.25) is 0 Å². The summed E-state index contributed by atoms with van der Waals surface area (Å²) in [6, 6.07) is 9.94. The van der Waals surface area contributed by atoms with Crippen molar-refractivity contribution in [1.82, 2.24) is 0 Å². The van der Waals surface area contributed by atoms with Crippen molar-refractivity contribution in [2.75, 3.05) is 18.5 Å². The highest BCUT2D eigenvalue weighted by molar-refractivity contribution is 5.96. The molecule has 0 aliphatic rings. The zero-order chi connectivity index (χ0) is 21.4. The first-order valence-corrected chi connectivity index (χ1v) is 8.28. The van der Waals surface area contributed by atoms with Gasteiger partial charge in [0, 0.05) is 5.69 Å². The molecule has 0 unspecified atom stereocenters. The van der Waals surface area contributed by atoms with E-state index in [4.69, 9.17) is 9.47 Å². The van der Waals surface area contributed by atoms with Crippen LogP contribution in [0.15, 0.2) is 48.5 Å². The molecular weight excluding hydrogens is 395 g/mol. The van der Waals surface area contributed by atoms with E-state index in [0.717, 1.165) is 24.3 Å². The second-order valence-corrected chi connectivity index (χ2v) is 5.49. The molecule has 10 heteroatoms. The Morgan fingerprint density at radius 3 is 1.90 bits per heavy atom. The zero-order valence-corrected chi connectivity index (χ0v) is 15.1. The van der Waals surface area contributed by atoms with Gasteiger partial charge < -0.3 is 19.5 Å². The number of hydrogen-bond acceptors (Lipinski definition) is 6. The number of amides is 1. The van der Waals surface area contributed by atoms with Crippen molar-refractivity contribution in [1.29, 1.82) is 0 Å². The summed E-state index contributed by atoms with van der Waals surface area (Å²) in [5.41, 5.74) is 0.632. The molecule has 0 bridgehead atoms. The van der Waals surface area contributed by atoms with Gasteiger partial charge in [-0.2, -0.15) is 0 Å². The van der Waals surface area contributed by atoms with Gasteiger partial charge >= 0.3 is 18.3 Å². The maximum Gasteiger partial charge on any atom is 0.573 e. The minimum atomic E-state index is -4.84. The Kier molecular flexibility index (Phi) is 7.18. The maximum absolute atomic E-state index is 12.1. The summed E-state index contributed by atoms with van der Waals surface area (Å²) in [5, 5.41) is 2.47. The predicted molar refractivity (Wildman–Crippen MR) is 94.4 cm³/mol. The van der Waals surface area contributed by atoms with Gasteiger partial charge in [0.1, 0.15) is 5.75 Å². The highest BCUT2D eigenvalue weighted by atomic mass is 19.4. The van der Waals surface area contributed by atoms with Crippen LogP contribution in [0, 0.1) is 0 Å². The SMILES string of the molecule is CCOC(=O)c1ccc(NC(=O)COC(=O)c2ccc(OC(F)(F)F)cc2)cc1. The molecule has 2 rings (SSSR count). The molecule has 7 nitrogen and oxygen atoms in total. The van der Waals surface area contributed by atoms with Gasteiger partial charge in [-0.05, 0) is 55.5 Å². The van der Waals surface area contributed by atoms with E-state index in [0.29, 0.717) is 11.3 Å². The van der Waals surface area contributed by atoms with E-state index in [1.807, 2.05) is 0 Å². The van der Waals surface area contributed by atoms with Crippen LogP contribution in [-0.4, -0.2) is 37.4 Å². The van der Waals surface area contributed by atoms with Crippen LogP contribution in [0.3, 0.4) is 0 Å². The molecule has 0 heterocycles. The second-order valence-electron chi connectivity index (χ2n) is 5.49. The average molecular weight is 411 g/mol. The number of ether oxygens (including phenoxy) is 3. The quantitative estimate of drug-likeness (QED) is 0.701. The largest absolute Gasteiger partial charge is 0.573 e. The van der Waals surface area contributed by atoms with Crippen molar-refractivity contribution in [3.63, 3.8) is 0 Å². The van der Waals surface area contributed by atoms with Gasteiger partial charge in [0.2, 0.25) is 0 Å². The molecule has 2 aromatic rings. The molecule has 154 valence electrons. The number of halogens is 3. The van der Waals surface area contributed by atoms with Gasteiger partial charge in [0.25, 0.3) is 5.91 Å². The van der Waals surface area contributed by atoms with E-state index >= 15 is 0 Å². The molecule has 0 radical (unpaired) electrons. The minimum Gasteiger partial charge on any atom is -0.462 e. The Bertz CT molecular complexity index is 863. The first-order chi connectivity index (χ1) is 13.7. The molecule has 0 spiro atoms. The van der Waals surface area contributed by atoms with Crippen molar-refractivity contribution < 1.29 is 41.8 Å². The summed E-state index contributed by atoms with van der Waals surface area (Å²) < 4.78 is 49.7. The normalized spacial score (nSPS) is 10.8. The van der Waals surface area contributed by atoms with Gasteiger partial charge in [0.15, 0.2) is 6.61 Å². The molecule has 0 fully saturated rings. The van der Waals surface area contributed by atoms with Crippen molar-refractivity contribution in [3.8, 4) is 5.75 Å². The van der Waals surface area contributed by atoms with Gasteiger partial charge in [-0.1, -0.05) is 0 Å². The molecule has 0 aliphatic heterocycles. The maximum atomic E-state index is 12.1. The van der Waals surface area contributed by atoms with E-state index in [9.17, 15) is 27.6 Å². The van der Waals surface area contributed by atoms with Crippen molar-refractivity contribution in [2.45, 2.75) is 13.3 Å². The number of hydrogen-bond donors (Lipinski definition) is 1. The summed E-state index contributed by atoms with van der Waals surface area (Å²) in [4.78, 5) is 35.3. The molecule has 0 saturated carbocycles. The first-order valence-electron chi connectivity index (χ1n) is 8.28. The molecule has 1 amide bonds. The molecule has 1 N–H and O–H groups in total. The Hall–Kier alpha value is -3.56.